The van der Waals surface area contributed by atoms with E-state index in [4.69, 9.17) is 32.7 Å². The molecule has 0 aliphatic carbocycles. The van der Waals surface area contributed by atoms with Crippen molar-refractivity contribution in [1.82, 2.24) is 10.2 Å². The molecule has 174 valence electrons. The molecule has 1 heterocycles. The van der Waals surface area contributed by atoms with Crippen LogP contribution in [0.25, 0.3) is 10.6 Å². The molecule has 0 N–H and O–H groups in total. The summed E-state index contributed by atoms with van der Waals surface area (Å²) in [5, 5.41) is 11.2. The number of hydrogen-bond donors (Lipinski definition) is 0. The Hall–Kier alpha value is -3.13. The minimum Gasteiger partial charge on any atom is -0.494 e. The number of hydrogen-bond acceptors (Lipinski definition) is 7. The van der Waals surface area contributed by atoms with E-state index in [0.717, 1.165) is 27.6 Å². The van der Waals surface area contributed by atoms with Crippen LogP contribution < -0.4 is 9.64 Å². The third-order valence-corrected chi connectivity index (χ3v) is 6.68. The van der Waals surface area contributed by atoms with Crippen LogP contribution in [0.2, 0.25) is 10.0 Å². The standard InChI is InChI=1S/C25H21Cl2N3O3S/c1-3-33-20-9-5-7-17(13-20)23-28-29-25(34-23)30(19-10-11-21(26)22(27)14-19)15-16-6-4-8-18(12-16)24(31)32-2/h4-14H,3,15H2,1-2H3. The fourth-order valence-corrected chi connectivity index (χ4v) is 4.50. The van der Waals surface area contributed by atoms with Gasteiger partial charge in [-0.3, -0.25) is 0 Å². The fraction of sp³-hybridized carbons (Fsp3) is 0.160. The Morgan fingerprint density at radius 3 is 2.59 bits per heavy atom. The zero-order valence-corrected chi connectivity index (χ0v) is 20.8. The molecule has 0 amide bonds. The smallest absolute Gasteiger partial charge is 0.337 e. The first-order chi connectivity index (χ1) is 16.5. The first-order valence-corrected chi connectivity index (χ1v) is 12.0. The van der Waals surface area contributed by atoms with Gasteiger partial charge in [-0.1, -0.05) is 58.8 Å². The first kappa shape index (κ1) is 24.0. The highest BCUT2D eigenvalue weighted by Crippen LogP contribution is 2.37. The van der Waals surface area contributed by atoms with Crippen molar-refractivity contribution < 1.29 is 14.3 Å². The molecule has 3 aromatic carbocycles. The maximum absolute atomic E-state index is 12.0. The van der Waals surface area contributed by atoms with Crippen molar-refractivity contribution >= 4 is 51.3 Å². The molecule has 0 saturated carbocycles. The second-order valence-corrected chi connectivity index (χ2v) is 9.00. The maximum Gasteiger partial charge on any atom is 0.337 e. The Morgan fingerprint density at radius 2 is 1.82 bits per heavy atom. The molecule has 0 aliphatic heterocycles. The number of nitrogens with zero attached hydrogens (tertiary/aromatic N) is 3. The average Bonchev–Trinajstić information content (AvgIpc) is 3.34. The van der Waals surface area contributed by atoms with E-state index in [9.17, 15) is 4.79 Å². The molecule has 4 aromatic rings. The summed E-state index contributed by atoms with van der Waals surface area (Å²) in [5.41, 5.74) is 3.07. The van der Waals surface area contributed by atoms with Crippen LogP contribution in [0.5, 0.6) is 5.75 Å². The SMILES string of the molecule is CCOc1cccc(-c2nnc(N(Cc3cccc(C(=O)OC)c3)c3ccc(Cl)c(Cl)c3)s2)c1. The minimum absolute atomic E-state index is 0.393. The van der Waals surface area contributed by atoms with E-state index >= 15 is 0 Å². The molecule has 1 aromatic heterocycles. The Bertz CT molecular complexity index is 1310. The lowest BCUT2D eigenvalue weighted by molar-refractivity contribution is 0.0600. The van der Waals surface area contributed by atoms with Crippen molar-refractivity contribution in [2.24, 2.45) is 0 Å². The number of aromatic nitrogens is 2. The van der Waals surface area contributed by atoms with Gasteiger partial charge in [0.15, 0.2) is 0 Å². The number of carbonyl (C=O) groups excluding carboxylic acids is 1. The van der Waals surface area contributed by atoms with Crippen LogP contribution in [0.4, 0.5) is 10.8 Å². The Balaban J connectivity index is 1.71. The molecule has 0 bridgehead atoms. The fourth-order valence-electron chi connectivity index (χ4n) is 3.35. The number of rotatable bonds is 8. The highest BCUT2D eigenvalue weighted by Gasteiger charge is 2.18. The highest BCUT2D eigenvalue weighted by molar-refractivity contribution is 7.18. The maximum atomic E-state index is 12.0. The van der Waals surface area contributed by atoms with Gasteiger partial charge < -0.3 is 14.4 Å². The average molecular weight is 514 g/mol. The summed E-state index contributed by atoms with van der Waals surface area (Å²) in [7, 11) is 1.36. The van der Waals surface area contributed by atoms with Crippen molar-refractivity contribution in [2.75, 3.05) is 18.6 Å². The molecule has 0 radical (unpaired) electrons. The van der Waals surface area contributed by atoms with Crippen molar-refractivity contribution in [3.8, 4) is 16.3 Å². The van der Waals surface area contributed by atoms with Crippen LogP contribution >= 0.6 is 34.5 Å². The number of carbonyl (C=O) groups is 1. The van der Waals surface area contributed by atoms with Gasteiger partial charge in [0.2, 0.25) is 5.13 Å². The van der Waals surface area contributed by atoms with Gasteiger partial charge in [0.1, 0.15) is 10.8 Å². The van der Waals surface area contributed by atoms with Gasteiger partial charge in [-0.25, -0.2) is 4.79 Å². The predicted molar refractivity (Wildman–Crippen MR) is 137 cm³/mol. The van der Waals surface area contributed by atoms with Crippen LogP contribution in [-0.4, -0.2) is 29.9 Å². The molecule has 4 rings (SSSR count). The summed E-state index contributed by atoms with van der Waals surface area (Å²) in [6.07, 6.45) is 0. The minimum atomic E-state index is -0.393. The second-order valence-electron chi connectivity index (χ2n) is 7.23. The monoisotopic (exact) mass is 513 g/mol. The number of methoxy groups -OCH3 is 1. The van der Waals surface area contributed by atoms with Gasteiger partial charge in [0.25, 0.3) is 0 Å². The molecule has 0 unspecified atom stereocenters. The van der Waals surface area contributed by atoms with Crippen LogP contribution in [-0.2, 0) is 11.3 Å². The van der Waals surface area contributed by atoms with Crippen molar-refractivity contribution in [3.05, 3.63) is 87.9 Å². The van der Waals surface area contributed by atoms with Crippen LogP contribution in [0.1, 0.15) is 22.8 Å². The van der Waals surface area contributed by atoms with Crippen LogP contribution in [0.15, 0.2) is 66.7 Å². The zero-order valence-electron chi connectivity index (χ0n) is 18.5. The van der Waals surface area contributed by atoms with Crippen LogP contribution in [0.3, 0.4) is 0 Å². The van der Waals surface area contributed by atoms with Crippen molar-refractivity contribution in [1.29, 1.82) is 0 Å². The molecule has 6 nitrogen and oxygen atoms in total. The number of esters is 1. The van der Waals surface area contributed by atoms with E-state index in [-0.39, 0.29) is 0 Å². The molecular formula is C25H21Cl2N3O3S. The number of halogens is 2. The lowest BCUT2D eigenvalue weighted by atomic mass is 10.1. The van der Waals surface area contributed by atoms with E-state index in [1.807, 2.05) is 54.3 Å². The molecule has 34 heavy (non-hydrogen) atoms. The quantitative estimate of drug-likeness (QED) is 0.235. The van der Waals surface area contributed by atoms with Gasteiger partial charge in [-0.05, 0) is 55.0 Å². The molecule has 0 aliphatic rings. The highest BCUT2D eigenvalue weighted by atomic mass is 35.5. The normalized spacial score (nSPS) is 10.7. The van der Waals surface area contributed by atoms with E-state index in [0.29, 0.717) is 33.9 Å². The van der Waals surface area contributed by atoms with Crippen molar-refractivity contribution in [3.63, 3.8) is 0 Å². The van der Waals surface area contributed by atoms with E-state index in [1.54, 1.807) is 24.3 Å². The van der Waals surface area contributed by atoms with Crippen LogP contribution in [0, 0.1) is 0 Å². The molecule has 0 atom stereocenters. The first-order valence-electron chi connectivity index (χ1n) is 10.4. The summed E-state index contributed by atoms with van der Waals surface area (Å²) in [5.74, 6) is 0.382. The third kappa shape index (κ3) is 5.50. The number of anilines is 2. The third-order valence-electron chi connectivity index (χ3n) is 4.94. The van der Waals surface area contributed by atoms with E-state index < -0.39 is 5.97 Å². The molecule has 0 saturated heterocycles. The Labute approximate surface area is 211 Å². The van der Waals surface area contributed by atoms with E-state index in [2.05, 4.69) is 10.2 Å². The molecule has 0 fully saturated rings. The Kier molecular flexibility index (Phi) is 7.67. The summed E-state index contributed by atoms with van der Waals surface area (Å²) >= 11 is 13.9. The van der Waals surface area contributed by atoms with Gasteiger partial charge in [-0.15, -0.1) is 10.2 Å². The van der Waals surface area contributed by atoms with E-state index in [1.165, 1.54) is 18.4 Å². The topological polar surface area (TPSA) is 64.6 Å². The summed E-state index contributed by atoms with van der Waals surface area (Å²) in [4.78, 5) is 14.0. The lowest BCUT2D eigenvalue weighted by Gasteiger charge is -2.22. The summed E-state index contributed by atoms with van der Waals surface area (Å²) < 4.78 is 10.5. The van der Waals surface area contributed by atoms with Gasteiger partial charge in [0.05, 0.1) is 35.9 Å². The molecular weight excluding hydrogens is 493 g/mol. The zero-order chi connectivity index (χ0) is 24.1. The number of benzene rings is 3. The largest absolute Gasteiger partial charge is 0.494 e. The molecule has 9 heteroatoms. The summed E-state index contributed by atoms with van der Waals surface area (Å²) in [6, 6.07) is 20.4. The Morgan fingerprint density at radius 1 is 1.00 bits per heavy atom. The summed E-state index contributed by atoms with van der Waals surface area (Å²) in [6.45, 7) is 2.96. The predicted octanol–water partition coefficient (Wildman–Crippen LogP) is 7.04. The lowest BCUT2D eigenvalue weighted by Crippen LogP contribution is -2.17. The second kappa shape index (κ2) is 10.9. The molecule has 0 spiro atoms. The van der Waals surface area contributed by atoms with Gasteiger partial charge >= 0.3 is 5.97 Å². The van der Waals surface area contributed by atoms with Crippen molar-refractivity contribution in [2.45, 2.75) is 13.5 Å². The van der Waals surface area contributed by atoms with Gasteiger partial charge in [0, 0.05) is 11.3 Å². The van der Waals surface area contributed by atoms with Gasteiger partial charge in [-0.2, -0.15) is 0 Å². The number of ether oxygens (including phenoxy) is 2.